The van der Waals surface area contributed by atoms with Gasteiger partial charge in [-0.05, 0) is 29.1 Å². The lowest BCUT2D eigenvalue weighted by Gasteiger charge is -2.19. The maximum atomic E-state index is 12.8. The Kier molecular flexibility index (Phi) is 7.03. The van der Waals surface area contributed by atoms with Crippen LogP contribution in [0.25, 0.3) is 11.0 Å². The van der Waals surface area contributed by atoms with Gasteiger partial charge < -0.3 is 20.9 Å². The highest BCUT2D eigenvalue weighted by atomic mass is 32.1. The van der Waals surface area contributed by atoms with E-state index in [9.17, 15) is 14.4 Å². The SMILES string of the molecule is Cn1c(C[C@H](NC(=O)CCC(=O)Nc2sccc2C(N)=O)c2ccccc2)nc2ccccc21. The molecule has 0 radical (unpaired) electrons. The number of primary amides is 1. The van der Waals surface area contributed by atoms with Crippen molar-refractivity contribution in [3.05, 3.63) is 83.0 Å². The van der Waals surface area contributed by atoms with Gasteiger partial charge in [0.2, 0.25) is 11.8 Å². The van der Waals surface area contributed by atoms with Gasteiger partial charge in [-0.1, -0.05) is 42.5 Å². The summed E-state index contributed by atoms with van der Waals surface area (Å²) in [5.74, 6) is -0.359. The molecule has 8 nitrogen and oxygen atoms in total. The number of nitrogens with one attached hydrogen (secondary N) is 2. The van der Waals surface area contributed by atoms with Gasteiger partial charge in [0.15, 0.2) is 0 Å². The number of amides is 3. The quantitative estimate of drug-likeness (QED) is 0.343. The van der Waals surface area contributed by atoms with Gasteiger partial charge in [-0.25, -0.2) is 4.98 Å². The van der Waals surface area contributed by atoms with Crippen molar-refractivity contribution in [3.63, 3.8) is 0 Å². The molecule has 174 valence electrons. The topological polar surface area (TPSA) is 119 Å². The number of carbonyl (C=O) groups is 3. The molecule has 0 aliphatic rings. The largest absolute Gasteiger partial charge is 0.366 e. The molecule has 0 aliphatic carbocycles. The highest BCUT2D eigenvalue weighted by Gasteiger charge is 2.20. The molecule has 0 saturated carbocycles. The van der Waals surface area contributed by atoms with Crippen molar-refractivity contribution in [1.82, 2.24) is 14.9 Å². The zero-order valence-electron chi connectivity index (χ0n) is 18.7. The van der Waals surface area contributed by atoms with Gasteiger partial charge in [-0.3, -0.25) is 14.4 Å². The maximum Gasteiger partial charge on any atom is 0.251 e. The molecule has 0 spiro atoms. The third-order valence-corrected chi connectivity index (χ3v) is 6.40. The number of nitrogens with zero attached hydrogens (tertiary/aromatic N) is 2. The molecule has 2 aromatic carbocycles. The molecular formula is C25H25N5O3S. The molecule has 9 heteroatoms. The van der Waals surface area contributed by atoms with E-state index in [-0.39, 0.29) is 36.3 Å². The summed E-state index contributed by atoms with van der Waals surface area (Å²) in [6.07, 6.45) is 0.495. The van der Waals surface area contributed by atoms with Crippen LogP contribution < -0.4 is 16.4 Å². The molecule has 1 atom stereocenters. The number of hydrogen-bond acceptors (Lipinski definition) is 5. The first-order chi connectivity index (χ1) is 16.4. The standard InChI is InChI=1S/C25H25N5O3S/c1-30-20-10-6-5-9-18(20)27-21(30)15-19(16-7-3-2-4-8-16)28-22(31)11-12-23(32)29-25-17(24(26)33)13-14-34-25/h2-10,13-14,19H,11-12,15H2,1H3,(H2,26,33)(H,28,31)(H,29,32)/t19-/m0/s1. The van der Waals surface area contributed by atoms with Crippen LogP contribution in [0.3, 0.4) is 0 Å². The van der Waals surface area contributed by atoms with Gasteiger partial charge in [-0.2, -0.15) is 0 Å². The summed E-state index contributed by atoms with van der Waals surface area (Å²) in [5.41, 5.74) is 8.45. The van der Waals surface area contributed by atoms with Crippen molar-refractivity contribution in [1.29, 1.82) is 0 Å². The van der Waals surface area contributed by atoms with E-state index >= 15 is 0 Å². The fourth-order valence-corrected chi connectivity index (χ4v) is 4.59. The molecule has 2 heterocycles. The van der Waals surface area contributed by atoms with Crippen molar-refractivity contribution < 1.29 is 14.4 Å². The van der Waals surface area contributed by atoms with Crippen LogP contribution in [0.2, 0.25) is 0 Å². The van der Waals surface area contributed by atoms with Crippen molar-refractivity contribution in [2.75, 3.05) is 5.32 Å². The lowest BCUT2D eigenvalue weighted by atomic mass is 10.0. The summed E-state index contributed by atoms with van der Waals surface area (Å²) in [5, 5.41) is 7.78. The van der Waals surface area contributed by atoms with Crippen molar-refractivity contribution >= 4 is 45.1 Å². The number of carbonyl (C=O) groups excluding carboxylic acids is 3. The van der Waals surface area contributed by atoms with Gasteiger partial charge in [0.1, 0.15) is 10.8 Å². The Bertz CT molecular complexity index is 1330. The summed E-state index contributed by atoms with van der Waals surface area (Å²) in [6.45, 7) is 0. The van der Waals surface area contributed by atoms with Crippen LogP contribution in [0.4, 0.5) is 5.00 Å². The molecule has 0 aliphatic heterocycles. The minimum absolute atomic E-state index is 0.00892. The zero-order chi connectivity index (χ0) is 24.1. The van der Waals surface area contributed by atoms with E-state index in [0.29, 0.717) is 11.4 Å². The fourth-order valence-electron chi connectivity index (χ4n) is 3.78. The van der Waals surface area contributed by atoms with Gasteiger partial charge in [0.25, 0.3) is 5.91 Å². The first kappa shape index (κ1) is 23.2. The van der Waals surface area contributed by atoms with E-state index in [4.69, 9.17) is 10.7 Å². The predicted molar refractivity (Wildman–Crippen MR) is 132 cm³/mol. The Morgan fingerprint density at radius 2 is 1.71 bits per heavy atom. The number of imidazole rings is 1. The van der Waals surface area contributed by atoms with Crippen LogP contribution in [-0.2, 0) is 23.1 Å². The zero-order valence-corrected chi connectivity index (χ0v) is 19.5. The molecule has 2 aromatic heterocycles. The molecule has 0 unspecified atom stereocenters. The molecule has 3 amide bonds. The van der Waals surface area contributed by atoms with E-state index in [2.05, 4.69) is 10.6 Å². The summed E-state index contributed by atoms with van der Waals surface area (Å²) >= 11 is 1.21. The number of benzene rings is 2. The molecular weight excluding hydrogens is 450 g/mol. The number of anilines is 1. The molecule has 4 rings (SSSR count). The van der Waals surface area contributed by atoms with Crippen LogP contribution in [0.1, 0.15) is 40.6 Å². The number of hydrogen-bond donors (Lipinski definition) is 3. The molecule has 0 fully saturated rings. The number of aromatic nitrogens is 2. The van der Waals surface area contributed by atoms with E-state index < -0.39 is 5.91 Å². The summed E-state index contributed by atoms with van der Waals surface area (Å²) in [4.78, 5) is 41.3. The fraction of sp³-hybridized carbons (Fsp3) is 0.200. The van der Waals surface area contributed by atoms with Crippen LogP contribution in [0, 0.1) is 0 Å². The van der Waals surface area contributed by atoms with Crippen LogP contribution in [0.5, 0.6) is 0 Å². The van der Waals surface area contributed by atoms with E-state index in [1.807, 2.05) is 66.2 Å². The van der Waals surface area contributed by atoms with Crippen LogP contribution in [-0.4, -0.2) is 27.3 Å². The maximum absolute atomic E-state index is 12.8. The summed E-state index contributed by atoms with van der Waals surface area (Å²) in [7, 11) is 1.96. The minimum Gasteiger partial charge on any atom is -0.366 e. The normalized spacial score (nSPS) is 11.8. The smallest absolute Gasteiger partial charge is 0.251 e. The van der Waals surface area contributed by atoms with Crippen molar-refractivity contribution in [2.24, 2.45) is 12.8 Å². The molecule has 4 aromatic rings. The number of aryl methyl sites for hydroxylation is 1. The molecule has 4 N–H and O–H groups in total. The van der Waals surface area contributed by atoms with E-state index in [0.717, 1.165) is 22.4 Å². The van der Waals surface area contributed by atoms with Crippen LogP contribution in [0.15, 0.2) is 66.0 Å². The number of rotatable bonds is 9. The Labute approximate surface area is 200 Å². The molecule has 0 saturated heterocycles. The van der Waals surface area contributed by atoms with Gasteiger partial charge in [0, 0.05) is 26.3 Å². The van der Waals surface area contributed by atoms with Gasteiger partial charge in [0.05, 0.1) is 22.6 Å². The van der Waals surface area contributed by atoms with Crippen molar-refractivity contribution in [3.8, 4) is 0 Å². The lowest BCUT2D eigenvalue weighted by Crippen LogP contribution is -2.31. The number of thiophene rings is 1. The summed E-state index contributed by atoms with van der Waals surface area (Å²) < 4.78 is 2.03. The van der Waals surface area contributed by atoms with E-state index in [1.165, 1.54) is 11.3 Å². The highest BCUT2D eigenvalue weighted by molar-refractivity contribution is 7.14. The monoisotopic (exact) mass is 475 g/mol. The predicted octanol–water partition coefficient (Wildman–Crippen LogP) is 3.55. The number of fused-ring (bicyclic) bond motifs is 1. The van der Waals surface area contributed by atoms with Crippen molar-refractivity contribution in [2.45, 2.75) is 25.3 Å². The Hall–Kier alpha value is -3.98. The van der Waals surface area contributed by atoms with Gasteiger partial charge in [-0.15, -0.1) is 11.3 Å². The lowest BCUT2D eigenvalue weighted by molar-refractivity contribution is -0.124. The number of para-hydroxylation sites is 2. The first-order valence-electron chi connectivity index (χ1n) is 10.8. The van der Waals surface area contributed by atoms with Gasteiger partial charge >= 0.3 is 0 Å². The second-order valence-electron chi connectivity index (χ2n) is 7.89. The average Bonchev–Trinajstić information content (AvgIpc) is 3.42. The second-order valence-corrected chi connectivity index (χ2v) is 8.80. The molecule has 34 heavy (non-hydrogen) atoms. The second kappa shape index (κ2) is 10.3. The summed E-state index contributed by atoms with van der Waals surface area (Å²) in [6, 6.07) is 18.8. The Morgan fingerprint density at radius 1 is 1.00 bits per heavy atom. The Morgan fingerprint density at radius 3 is 2.44 bits per heavy atom. The highest BCUT2D eigenvalue weighted by Crippen LogP contribution is 2.24. The molecule has 0 bridgehead atoms. The third-order valence-electron chi connectivity index (χ3n) is 5.57. The van der Waals surface area contributed by atoms with E-state index in [1.54, 1.807) is 11.4 Å². The Balaban J connectivity index is 1.42. The number of nitrogens with two attached hydrogens (primary N) is 1. The average molecular weight is 476 g/mol. The van der Waals surface area contributed by atoms with Crippen LogP contribution >= 0.6 is 11.3 Å². The minimum atomic E-state index is -0.609. The first-order valence-corrected chi connectivity index (χ1v) is 11.7. The third kappa shape index (κ3) is 5.32.